The standard InChI is InChI=1S/C20H25N3OS2/c24-20(18-15-26-19(21-18)16-7-2-1-3-8-16)23-11-6-12-25-14-17(23)13-22-9-4-5-10-22/h1-3,7-8,15,17H,4-6,9-14H2/t17-/m0/s1. The predicted octanol–water partition coefficient (Wildman–Crippen LogP) is 3.85. The molecule has 6 heteroatoms. The van der Waals surface area contributed by atoms with Gasteiger partial charge in [0.1, 0.15) is 10.7 Å². The van der Waals surface area contributed by atoms with Crippen molar-refractivity contribution in [2.45, 2.75) is 25.3 Å². The van der Waals surface area contributed by atoms with Gasteiger partial charge in [-0.05, 0) is 38.1 Å². The fourth-order valence-corrected chi connectivity index (χ4v) is 5.60. The molecule has 0 aliphatic carbocycles. The Morgan fingerprint density at radius 2 is 1.92 bits per heavy atom. The zero-order chi connectivity index (χ0) is 17.8. The third-order valence-electron chi connectivity index (χ3n) is 5.11. The summed E-state index contributed by atoms with van der Waals surface area (Å²) in [6.07, 6.45) is 3.66. The molecule has 2 saturated heterocycles. The van der Waals surface area contributed by atoms with Gasteiger partial charge in [-0.1, -0.05) is 30.3 Å². The monoisotopic (exact) mass is 387 g/mol. The van der Waals surface area contributed by atoms with Gasteiger partial charge in [0.15, 0.2) is 0 Å². The normalized spacial score (nSPS) is 21.7. The summed E-state index contributed by atoms with van der Waals surface area (Å²) in [5, 5.41) is 2.85. The van der Waals surface area contributed by atoms with Gasteiger partial charge < -0.3 is 9.80 Å². The quantitative estimate of drug-likeness (QED) is 0.798. The highest BCUT2D eigenvalue weighted by Crippen LogP contribution is 2.26. The fourth-order valence-electron chi connectivity index (χ4n) is 3.74. The zero-order valence-electron chi connectivity index (χ0n) is 15.0. The second-order valence-corrected chi connectivity index (χ2v) is 9.00. The molecule has 2 aliphatic heterocycles. The van der Waals surface area contributed by atoms with Crippen LogP contribution in [0, 0.1) is 0 Å². The molecule has 2 fully saturated rings. The van der Waals surface area contributed by atoms with Crippen molar-refractivity contribution >= 4 is 29.0 Å². The lowest BCUT2D eigenvalue weighted by atomic mass is 10.2. The highest BCUT2D eigenvalue weighted by atomic mass is 32.2. The van der Waals surface area contributed by atoms with Crippen LogP contribution in [0.3, 0.4) is 0 Å². The van der Waals surface area contributed by atoms with Crippen molar-refractivity contribution in [3.8, 4) is 10.6 Å². The molecule has 2 aliphatic rings. The Kier molecular flexibility index (Phi) is 5.92. The van der Waals surface area contributed by atoms with E-state index in [-0.39, 0.29) is 5.91 Å². The molecular weight excluding hydrogens is 362 g/mol. The van der Waals surface area contributed by atoms with Crippen molar-refractivity contribution in [2.75, 3.05) is 37.7 Å². The molecule has 0 N–H and O–H groups in total. The molecular formula is C20H25N3OS2. The van der Waals surface area contributed by atoms with E-state index in [1.54, 1.807) is 11.3 Å². The maximum atomic E-state index is 13.2. The van der Waals surface area contributed by atoms with Crippen molar-refractivity contribution < 1.29 is 4.79 Å². The van der Waals surface area contributed by atoms with Crippen LogP contribution in [0.5, 0.6) is 0 Å². The molecule has 3 heterocycles. The molecule has 2 aromatic rings. The van der Waals surface area contributed by atoms with Crippen LogP contribution in [0.25, 0.3) is 10.6 Å². The van der Waals surface area contributed by atoms with Crippen molar-refractivity contribution in [2.24, 2.45) is 0 Å². The number of thioether (sulfide) groups is 1. The van der Waals surface area contributed by atoms with Crippen LogP contribution in [0.4, 0.5) is 0 Å². The molecule has 1 atom stereocenters. The fraction of sp³-hybridized carbons (Fsp3) is 0.500. The lowest BCUT2D eigenvalue weighted by molar-refractivity contribution is 0.0661. The van der Waals surface area contributed by atoms with E-state index in [0.29, 0.717) is 11.7 Å². The van der Waals surface area contributed by atoms with Crippen LogP contribution >= 0.6 is 23.1 Å². The first kappa shape index (κ1) is 18.0. The van der Waals surface area contributed by atoms with Gasteiger partial charge in [-0.15, -0.1) is 11.3 Å². The Labute approximate surface area is 163 Å². The Morgan fingerprint density at radius 1 is 1.12 bits per heavy atom. The minimum atomic E-state index is 0.107. The molecule has 138 valence electrons. The van der Waals surface area contributed by atoms with E-state index in [0.717, 1.165) is 41.6 Å². The summed E-state index contributed by atoms with van der Waals surface area (Å²) in [5.74, 6) is 2.29. The van der Waals surface area contributed by atoms with Gasteiger partial charge in [0, 0.05) is 29.8 Å². The molecule has 0 spiro atoms. The molecule has 1 aromatic heterocycles. The Bertz CT molecular complexity index is 728. The Balaban J connectivity index is 1.51. The van der Waals surface area contributed by atoms with Gasteiger partial charge >= 0.3 is 0 Å². The molecule has 0 saturated carbocycles. The number of carbonyl (C=O) groups excluding carboxylic acids is 1. The largest absolute Gasteiger partial charge is 0.332 e. The summed E-state index contributed by atoms with van der Waals surface area (Å²) in [5.41, 5.74) is 1.68. The highest BCUT2D eigenvalue weighted by Gasteiger charge is 2.30. The third-order valence-corrected chi connectivity index (χ3v) is 7.20. The third kappa shape index (κ3) is 4.13. The van der Waals surface area contributed by atoms with Crippen LogP contribution in [0.15, 0.2) is 35.7 Å². The summed E-state index contributed by atoms with van der Waals surface area (Å²) in [4.78, 5) is 22.5. The minimum absolute atomic E-state index is 0.107. The first-order valence-corrected chi connectivity index (χ1v) is 11.5. The average Bonchev–Trinajstić information content (AvgIpc) is 3.31. The molecule has 4 rings (SSSR count). The molecule has 1 aromatic carbocycles. The number of aromatic nitrogens is 1. The smallest absolute Gasteiger partial charge is 0.273 e. The maximum absolute atomic E-state index is 13.2. The van der Waals surface area contributed by atoms with Gasteiger partial charge in [0.25, 0.3) is 5.91 Å². The second-order valence-electron chi connectivity index (χ2n) is 6.99. The number of thiazole rings is 1. The average molecular weight is 388 g/mol. The number of benzene rings is 1. The molecule has 1 amide bonds. The number of hydrogen-bond acceptors (Lipinski definition) is 5. The number of hydrogen-bond donors (Lipinski definition) is 0. The van der Waals surface area contributed by atoms with E-state index in [1.807, 2.05) is 47.5 Å². The van der Waals surface area contributed by atoms with Gasteiger partial charge in [0.05, 0.1) is 6.04 Å². The van der Waals surface area contributed by atoms with Crippen LogP contribution < -0.4 is 0 Å². The molecule has 0 unspecified atom stereocenters. The van der Waals surface area contributed by atoms with Gasteiger partial charge in [-0.25, -0.2) is 4.98 Å². The molecule has 0 radical (unpaired) electrons. The summed E-state index contributed by atoms with van der Waals surface area (Å²) in [6, 6.07) is 10.4. The first-order chi connectivity index (χ1) is 12.8. The van der Waals surface area contributed by atoms with Gasteiger partial charge in [-0.2, -0.15) is 11.8 Å². The first-order valence-electron chi connectivity index (χ1n) is 9.43. The van der Waals surface area contributed by atoms with E-state index < -0.39 is 0 Å². The lowest BCUT2D eigenvalue weighted by Crippen LogP contribution is -2.47. The lowest BCUT2D eigenvalue weighted by Gasteiger charge is -2.32. The van der Waals surface area contributed by atoms with E-state index >= 15 is 0 Å². The number of amides is 1. The van der Waals surface area contributed by atoms with Crippen molar-refractivity contribution in [1.29, 1.82) is 0 Å². The Morgan fingerprint density at radius 3 is 2.73 bits per heavy atom. The zero-order valence-corrected chi connectivity index (χ0v) is 16.6. The van der Waals surface area contributed by atoms with Crippen LogP contribution in [-0.4, -0.2) is 64.4 Å². The molecule has 4 nitrogen and oxygen atoms in total. The summed E-state index contributed by atoms with van der Waals surface area (Å²) in [6.45, 7) is 4.22. The maximum Gasteiger partial charge on any atom is 0.273 e. The van der Waals surface area contributed by atoms with Crippen molar-refractivity contribution in [3.05, 3.63) is 41.4 Å². The van der Waals surface area contributed by atoms with Crippen LogP contribution in [0.1, 0.15) is 29.8 Å². The van der Waals surface area contributed by atoms with Gasteiger partial charge in [-0.3, -0.25) is 4.79 Å². The van der Waals surface area contributed by atoms with Crippen molar-refractivity contribution in [1.82, 2.24) is 14.8 Å². The van der Waals surface area contributed by atoms with Crippen LogP contribution in [-0.2, 0) is 0 Å². The van der Waals surface area contributed by atoms with Crippen LogP contribution in [0.2, 0.25) is 0 Å². The summed E-state index contributed by atoms with van der Waals surface area (Å²) in [7, 11) is 0. The second kappa shape index (κ2) is 8.55. The SMILES string of the molecule is O=C(c1csc(-c2ccccc2)n1)N1CCCSC[C@@H]1CN1CCCC1. The molecule has 26 heavy (non-hydrogen) atoms. The summed E-state index contributed by atoms with van der Waals surface area (Å²) >= 11 is 3.55. The van der Waals surface area contributed by atoms with E-state index in [4.69, 9.17) is 0 Å². The minimum Gasteiger partial charge on any atom is -0.332 e. The number of likely N-dealkylation sites (tertiary alicyclic amines) is 1. The summed E-state index contributed by atoms with van der Waals surface area (Å²) < 4.78 is 0. The Hall–Kier alpha value is -1.37. The number of rotatable bonds is 4. The molecule has 0 bridgehead atoms. The van der Waals surface area contributed by atoms with E-state index in [9.17, 15) is 4.79 Å². The number of carbonyl (C=O) groups is 1. The van der Waals surface area contributed by atoms with Gasteiger partial charge in [0.2, 0.25) is 0 Å². The van der Waals surface area contributed by atoms with Crippen molar-refractivity contribution in [3.63, 3.8) is 0 Å². The predicted molar refractivity (Wildman–Crippen MR) is 110 cm³/mol. The number of nitrogens with zero attached hydrogens (tertiary/aromatic N) is 3. The van der Waals surface area contributed by atoms with E-state index in [2.05, 4.69) is 14.8 Å². The highest BCUT2D eigenvalue weighted by molar-refractivity contribution is 7.99. The van der Waals surface area contributed by atoms with E-state index in [1.165, 1.54) is 25.9 Å². The topological polar surface area (TPSA) is 36.4 Å².